The molecule has 0 fully saturated rings. The van der Waals surface area contributed by atoms with Crippen molar-refractivity contribution in [3.8, 4) is 0 Å². The van der Waals surface area contributed by atoms with E-state index in [1.165, 1.54) is 0 Å². The van der Waals surface area contributed by atoms with E-state index in [2.05, 4.69) is 20.4 Å². The van der Waals surface area contributed by atoms with E-state index in [9.17, 15) is 4.79 Å². The number of benzene rings is 1. The third kappa shape index (κ3) is 2.53. The summed E-state index contributed by atoms with van der Waals surface area (Å²) in [6, 6.07) is 8.53. The fourth-order valence-corrected chi connectivity index (χ4v) is 2.03. The minimum atomic E-state index is -0.291. The predicted molar refractivity (Wildman–Crippen MR) is 79.1 cm³/mol. The number of carbonyl (C=O) groups excluding carboxylic acids is 1. The summed E-state index contributed by atoms with van der Waals surface area (Å²) in [5.41, 5.74) is 8.44. The van der Waals surface area contributed by atoms with Crippen molar-refractivity contribution in [3.05, 3.63) is 47.3 Å². The van der Waals surface area contributed by atoms with Crippen LogP contribution in [0, 0.1) is 13.8 Å². The van der Waals surface area contributed by atoms with Gasteiger partial charge in [-0.2, -0.15) is 9.50 Å². The van der Waals surface area contributed by atoms with Crippen molar-refractivity contribution in [2.75, 3.05) is 11.1 Å². The third-order valence-electron chi connectivity index (χ3n) is 3.02. The Hall–Kier alpha value is -2.96. The van der Waals surface area contributed by atoms with Gasteiger partial charge in [-0.05, 0) is 44.2 Å². The molecule has 1 amide bonds. The van der Waals surface area contributed by atoms with Gasteiger partial charge in [0, 0.05) is 22.6 Å². The van der Waals surface area contributed by atoms with Gasteiger partial charge in [0.25, 0.3) is 17.6 Å². The highest BCUT2D eigenvalue weighted by Crippen LogP contribution is 2.10. The molecule has 0 aliphatic rings. The standard InChI is InChI=1S/C14H14N6O/c1-8-7-9(2)20-14(16-8)18-13(19-20)17-12(21)10-3-5-11(15)6-4-10/h3-7H,15H2,1-2H3,(H,17,19,21). The Morgan fingerprint density at radius 3 is 2.62 bits per heavy atom. The predicted octanol–water partition coefficient (Wildman–Crippen LogP) is 1.58. The Labute approximate surface area is 120 Å². The lowest BCUT2D eigenvalue weighted by atomic mass is 10.2. The van der Waals surface area contributed by atoms with E-state index in [4.69, 9.17) is 5.73 Å². The number of anilines is 2. The second-order valence-corrected chi connectivity index (χ2v) is 4.76. The first-order chi connectivity index (χ1) is 10.0. The van der Waals surface area contributed by atoms with E-state index in [-0.39, 0.29) is 11.9 Å². The van der Waals surface area contributed by atoms with Crippen molar-refractivity contribution in [2.45, 2.75) is 13.8 Å². The van der Waals surface area contributed by atoms with Crippen molar-refractivity contribution in [3.63, 3.8) is 0 Å². The number of carbonyl (C=O) groups is 1. The molecule has 0 saturated heterocycles. The zero-order chi connectivity index (χ0) is 15.0. The van der Waals surface area contributed by atoms with Crippen molar-refractivity contribution in [1.82, 2.24) is 19.6 Å². The monoisotopic (exact) mass is 282 g/mol. The van der Waals surface area contributed by atoms with Crippen LogP contribution in [0.15, 0.2) is 30.3 Å². The Morgan fingerprint density at radius 1 is 1.19 bits per heavy atom. The molecule has 0 saturated carbocycles. The minimum Gasteiger partial charge on any atom is -0.399 e. The van der Waals surface area contributed by atoms with Gasteiger partial charge in [-0.15, -0.1) is 5.10 Å². The van der Waals surface area contributed by atoms with Gasteiger partial charge in [-0.3, -0.25) is 10.1 Å². The number of nitrogens with zero attached hydrogens (tertiary/aromatic N) is 4. The Bertz CT molecular complexity index is 821. The van der Waals surface area contributed by atoms with Gasteiger partial charge in [0.2, 0.25) is 0 Å². The average molecular weight is 282 g/mol. The second kappa shape index (κ2) is 4.86. The van der Waals surface area contributed by atoms with Gasteiger partial charge < -0.3 is 5.73 Å². The lowest BCUT2D eigenvalue weighted by molar-refractivity contribution is 0.102. The van der Waals surface area contributed by atoms with Crippen molar-refractivity contribution < 1.29 is 4.79 Å². The van der Waals surface area contributed by atoms with Crippen LogP contribution in [0.25, 0.3) is 5.78 Å². The van der Waals surface area contributed by atoms with Crippen LogP contribution in [0.5, 0.6) is 0 Å². The number of nitrogens with one attached hydrogen (secondary N) is 1. The molecule has 0 atom stereocenters. The summed E-state index contributed by atoms with van der Waals surface area (Å²) in [7, 11) is 0. The molecule has 3 rings (SSSR count). The van der Waals surface area contributed by atoms with Gasteiger partial charge >= 0.3 is 0 Å². The minimum absolute atomic E-state index is 0.220. The topological polar surface area (TPSA) is 98.2 Å². The number of amides is 1. The third-order valence-corrected chi connectivity index (χ3v) is 3.02. The molecule has 3 aromatic rings. The maximum atomic E-state index is 12.1. The molecule has 0 aliphatic heterocycles. The van der Waals surface area contributed by atoms with Gasteiger partial charge in [0.05, 0.1) is 0 Å². The zero-order valence-electron chi connectivity index (χ0n) is 11.7. The second-order valence-electron chi connectivity index (χ2n) is 4.76. The lowest BCUT2D eigenvalue weighted by Crippen LogP contribution is -2.13. The first kappa shape index (κ1) is 13.0. The first-order valence-electron chi connectivity index (χ1n) is 6.41. The molecule has 0 bridgehead atoms. The summed E-state index contributed by atoms with van der Waals surface area (Å²) in [5, 5.41) is 6.87. The van der Waals surface area contributed by atoms with Crippen LogP contribution in [0.1, 0.15) is 21.7 Å². The molecule has 106 valence electrons. The molecule has 0 radical (unpaired) electrons. The molecule has 2 heterocycles. The highest BCUT2D eigenvalue weighted by atomic mass is 16.1. The molecule has 7 heteroatoms. The summed E-state index contributed by atoms with van der Waals surface area (Å²) in [6.07, 6.45) is 0. The summed E-state index contributed by atoms with van der Waals surface area (Å²) in [6.45, 7) is 3.79. The summed E-state index contributed by atoms with van der Waals surface area (Å²) >= 11 is 0. The van der Waals surface area contributed by atoms with Crippen molar-refractivity contribution >= 4 is 23.3 Å². The zero-order valence-corrected chi connectivity index (χ0v) is 11.7. The van der Waals surface area contributed by atoms with Crippen molar-refractivity contribution in [2.24, 2.45) is 0 Å². The first-order valence-corrected chi connectivity index (χ1v) is 6.41. The summed E-state index contributed by atoms with van der Waals surface area (Å²) in [5.74, 6) is 0.387. The largest absolute Gasteiger partial charge is 0.399 e. The molecular weight excluding hydrogens is 268 g/mol. The number of nitrogen functional groups attached to an aromatic ring is 1. The van der Waals surface area contributed by atoms with Gasteiger partial charge in [0.1, 0.15) is 0 Å². The van der Waals surface area contributed by atoms with Gasteiger partial charge in [-0.1, -0.05) is 0 Å². The molecule has 7 nitrogen and oxygen atoms in total. The normalized spacial score (nSPS) is 10.8. The number of rotatable bonds is 2. The molecule has 3 N–H and O–H groups in total. The lowest BCUT2D eigenvalue weighted by Gasteiger charge is -2.01. The van der Waals surface area contributed by atoms with Crippen LogP contribution in [0.3, 0.4) is 0 Å². The molecule has 0 spiro atoms. The maximum absolute atomic E-state index is 12.1. The van der Waals surface area contributed by atoms with Crippen LogP contribution in [-0.4, -0.2) is 25.5 Å². The molecule has 2 aromatic heterocycles. The van der Waals surface area contributed by atoms with E-state index < -0.39 is 0 Å². The van der Waals surface area contributed by atoms with Crippen LogP contribution >= 0.6 is 0 Å². The molecule has 21 heavy (non-hydrogen) atoms. The summed E-state index contributed by atoms with van der Waals surface area (Å²) < 4.78 is 1.59. The number of hydrogen-bond acceptors (Lipinski definition) is 5. The molecular formula is C14H14N6O. The van der Waals surface area contributed by atoms with E-state index in [1.54, 1.807) is 28.8 Å². The Kier molecular flexibility index (Phi) is 3.02. The fourth-order valence-electron chi connectivity index (χ4n) is 2.03. The van der Waals surface area contributed by atoms with Crippen LogP contribution < -0.4 is 11.1 Å². The Balaban J connectivity index is 1.89. The van der Waals surface area contributed by atoms with Crippen molar-refractivity contribution in [1.29, 1.82) is 0 Å². The quantitative estimate of drug-likeness (QED) is 0.695. The van der Waals surface area contributed by atoms with E-state index in [1.807, 2.05) is 19.9 Å². The highest BCUT2D eigenvalue weighted by molar-refractivity contribution is 6.03. The van der Waals surface area contributed by atoms with Gasteiger partial charge in [0.15, 0.2) is 0 Å². The van der Waals surface area contributed by atoms with Crippen LogP contribution in [0.2, 0.25) is 0 Å². The van der Waals surface area contributed by atoms with E-state index >= 15 is 0 Å². The number of aromatic nitrogens is 4. The average Bonchev–Trinajstić information content (AvgIpc) is 2.82. The number of hydrogen-bond donors (Lipinski definition) is 2. The SMILES string of the molecule is Cc1cc(C)n2nc(NC(=O)c3ccc(N)cc3)nc2n1. The molecule has 0 unspecified atom stereocenters. The van der Waals surface area contributed by atoms with Crippen LogP contribution in [0.4, 0.5) is 11.6 Å². The van der Waals surface area contributed by atoms with E-state index in [0.717, 1.165) is 11.4 Å². The number of fused-ring (bicyclic) bond motifs is 1. The fraction of sp³-hybridized carbons (Fsp3) is 0.143. The number of nitrogens with two attached hydrogens (primary N) is 1. The highest BCUT2D eigenvalue weighted by Gasteiger charge is 2.11. The smallest absolute Gasteiger partial charge is 0.258 e. The summed E-state index contributed by atoms with van der Waals surface area (Å²) in [4.78, 5) is 20.6. The number of aryl methyl sites for hydroxylation is 2. The molecule has 1 aromatic carbocycles. The Morgan fingerprint density at radius 2 is 1.90 bits per heavy atom. The maximum Gasteiger partial charge on any atom is 0.258 e. The van der Waals surface area contributed by atoms with E-state index in [0.29, 0.717) is 17.0 Å². The molecule has 0 aliphatic carbocycles. The van der Waals surface area contributed by atoms with Crippen LogP contribution in [-0.2, 0) is 0 Å². The van der Waals surface area contributed by atoms with Gasteiger partial charge in [-0.25, -0.2) is 4.98 Å².